The van der Waals surface area contributed by atoms with E-state index in [4.69, 9.17) is 9.72 Å². The molecule has 37 heavy (non-hydrogen) atoms. The maximum Gasteiger partial charge on any atom is 0.272 e. The molecule has 0 aliphatic carbocycles. The molecule has 2 aromatic heterocycles. The van der Waals surface area contributed by atoms with E-state index in [-0.39, 0.29) is 16.9 Å². The number of aromatic nitrogens is 2. The van der Waals surface area contributed by atoms with Gasteiger partial charge in [0.25, 0.3) is 5.91 Å². The monoisotopic (exact) mass is 542 g/mol. The largest absolute Gasteiger partial charge is 0.491 e. The van der Waals surface area contributed by atoms with Crippen LogP contribution in [0, 0.1) is 0 Å². The minimum atomic E-state index is -3.34. The molecule has 1 aliphatic rings. The van der Waals surface area contributed by atoms with Gasteiger partial charge in [0.1, 0.15) is 11.4 Å². The van der Waals surface area contributed by atoms with Crippen molar-refractivity contribution < 1.29 is 17.9 Å². The van der Waals surface area contributed by atoms with Crippen LogP contribution in [-0.2, 0) is 16.3 Å². The Labute approximate surface area is 223 Å². The van der Waals surface area contributed by atoms with Crippen molar-refractivity contribution in [3.63, 3.8) is 0 Å². The van der Waals surface area contributed by atoms with E-state index in [2.05, 4.69) is 24.0 Å². The molecule has 0 bridgehead atoms. The van der Waals surface area contributed by atoms with Crippen molar-refractivity contribution in [2.75, 3.05) is 33.4 Å². The number of thiazole rings is 1. The van der Waals surface area contributed by atoms with Crippen LogP contribution >= 0.6 is 11.3 Å². The highest BCUT2D eigenvalue weighted by Crippen LogP contribution is 2.29. The molecule has 0 N–H and O–H groups in total. The van der Waals surface area contributed by atoms with Crippen molar-refractivity contribution in [2.24, 2.45) is 0 Å². The Bertz CT molecular complexity index is 1340. The summed E-state index contributed by atoms with van der Waals surface area (Å²) >= 11 is 1.49. The van der Waals surface area contributed by atoms with Crippen molar-refractivity contribution >= 4 is 27.1 Å². The van der Waals surface area contributed by atoms with Crippen molar-refractivity contribution in [1.82, 2.24) is 19.8 Å². The summed E-state index contributed by atoms with van der Waals surface area (Å²) in [5, 5.41) is 2.78. The van der Waals surface area contributed by atoms with Gasteiger partial charge < -0.3 is 14.5 Å². The van der Waals surface area contributed by atoms with E-state index in [0.717, 1.165) is 47.8 Å². The molecule has 0 atom stereocenters. The van der Waals surface area contributed by atoms with Gasteiger partial charge in [-0.15, -0.1) is 11.3 Å². The molecule has 1 aliphatic heterocycles. The number of sulfone groups is 1. The summed E-state index contributed by atoms with van der Waals surface area (Å²) in [6.07, 6.45) is 5.23. The molecular weight excluding hydrogens is 508 g/mol. The summed E-state index contributed by atoms with van der Waals surface area (Å²) in [5.74, 6) is 0.615. The Morgan fingerprint density at radius 1 is 1.19 bits per heavy atom. The normalized spacial score (nSPS) is 14.9. The Hall–Kier alpha value is -2.82. The Morgan fingerprint density at radius 3 is 2.51 bits per heavy atom. The molecule has 1 amide bonds. The molecule has 198 valence electrons. The zero-order valence-corrected chi connectivity index (χ0v) is 23.6. The lowest BCUT2D eigenvalue weighted by Crippen LogP contribution is -2.44. The van der Waals surface area contributed by atoms with E-state index in [9.17, 15) is 13.2 Å². The molecule has 4 rings (SSSR count). The van der Waals surface area contributed by atoms with Gasteiger partial charge >= 0.3 is 0 Å². The maximum absolute atomic E-state index is 12.9. The molecule has 0 saturated carbocycles. The van der Waals surface area contributed by atoms with Gasteiger partial charge in [-0.05, 0) is 71.1 Å². The molecule has 0 unspecified atom stereocenters. The third kappa shape index (κ3) is 6.74. The number of piperidine rings is 1. The predicted octanol–water partition coefficient (Wildman–Crippen LogP) is 4.15. The number of pyridine rings is 1. The predicted molar refractivity (Wildman–Crippen MR) is 146 cm³/mol. The maximum atomic E-state index is 12.9. The Kier molecular flexibility index (Phi) is 8.30. The van der Waals surface area contributed by atoms with E-state index in [1.807, 2.05) is 30.2 Å². The second-order valence-electron chi connectivity index (χ2n) is 9.93. The Balaban J connectivity index is 1.47. The number of amides is 1. The zero-order chi connectivity index (χ0) is 26.7. The average molecular weight is 543 g/mol. The summed E-state index contributed by atoms with van der Waals surface area (Å²) < 4.78 is 30.1. The van der Waals surface area contributed by atoms with Gasteiger partial charge in [0.15, 0.2) is 9.84 Å². The molecule has 1 fully saturated rings. The zero-order valence-electron chi connectivity index (χ0n) is 22.0. The van der Waals surface area contributed by atoms with Gasteiger partial charge in [-0.1, -0.05) is 0 Å². The minimum absolute atomic E-state index is 0.0360. The van der Waals surface area contributed by atoms with Crippen molar-refractivity contribution in [2.45, 2.75) is 50.2 Å². The van der Waals surface area contributed by atoms with Crippen LogP contribution in [0.15, 0.2) is 46.8 Å². The second kappa shape index (κ2) is 11.3. The van der Waals surface area contributed by atoms with Crippen LogP contribution < -0.4 is 4.74 Å². The highest BCUT2D eigenvalue weighted by molar-refractivity contribution is 7.90. The van der Waals surface area contributed by atoms with Crippen LogP contribution in [0.25, 0.3) is 11.3 Å². The lowest BCUT2D eigenvalue weighted by Gasteiger charge is -2.35. The van der Waals surface area contributed by atoms with Gasteiger partial charge in [-0.25, -0.2) is 13.4 Å². The first-order valence-electron chi connectivity index (χ1n) is 12.4. The quantitative estimate of drug-likeness (QED) is 0.422. The molecule has 10 heteroatoms. The van der Waals surface area contributed by atoms with E-state index >= 15 is 0 Å². The molecular formula is C27H34N4O4S2. The first-order valence-corrected chi connectivity index (χ1v) is 15.1. The average Bonchev–Trinajstić information content (AvgIpc) is 3.32. The fourth-order valence-corrected chi connectivity index (χ4v) is 5.90. The van der Waals surface area contributed by atoms with E-state index < -0.39 is 9.84 Å². The number of ether oxygens (including phenoxy) is 1. The number of nitrogens with zero attached hydrogens (tertiary/aromatic N) is 4. The molecule has 1 aromatic carbocycles. The summed E-state index contributed by atoms with van der Waals surface area (Å²) in [7, 11) is 0.821. The number of benzene rings is 1. The fourth-order valence-electron chi connectivity index (χ4n) is 4.40. The van der Waals surface area contributed by atoms with Crippen LogP contribution in [0.2, 0.25) is 0 Å². The lowest BCUT2D eigenvalue weighted by molar-refractivity contribution is 0.0657. The Morgan fingerprint density at radius 2 is 1.92 bits per heavy atom. The molecule has 3 heterocycles. The first-order chi connectivity index (χ1) is 17.5. The minimum Gasteiger partial charge on any atom is -0.491 e. The van der Waals surface area contributed by atoms with Crippen molar-refractivity contribution in [3.8, 4) is 17.0 Å². The number of rotatable bonds is 8. The SMILES string of the molecule is CC(C)Oc1ccc(S(C)(=O)=O)cc1Cc1nc(-c2ccc(C(=O)N3CCC(N(C)C)CC3)nc2)cs1. The summed E-state index contributed by atoms with van der Waals surface area (Å²) in [4.78, 5) is 26.5. The summed E-state index contributed by atoms with van der Waals surface area (Å²) in [6, 6.07) is 9.10. The topological polar surface area (TPSA) is 92.7 Å². The van der Waals surface area contributed by atoms with Crippen molar-refractivity contribution in [1.29, 1.82) is 0 Å². The lowest BCUT2D eigenvalue weighted by atomic mass is 10.0. The van der Waals surface area contributed by atoms with Crippen LogP contribution in [0.3, 0.4) is 0 Å². The smallest absolute Gasteiger partial charge is 0.272 e. The summed E-state index contributed by atoms with van der Waals surface area (Å²) in [5.41, 5.74) is 2.81. The molecule has 3 aromatic rings. The van der Waals surface area contributed by atoms with Crippen LogP contribution in [0.1, 0.15) is 47.7 Å². The van der Waals surface area contributed by atoms with Gasteiger partial charge in [-0.2, -0.15) is 0 Å². The third-order valence-electron chi connectivity index (χ3n) is 6.48. The molecule has 8 nitrogen and oxygen atoms in total. The van der Waals surface area contributed by atoms with Crippen LogP contribution in [-0.4, -0.2) is 79.7 Å². The van der Waals surface area contributed by atoms with Gasteiger partial charge in [0.2, 0.25) is 0 Å². The molecule has 0 spiro atoms. The molecule has 0 radical (unpaired) electrons. The number of hydrogen-bond donors (Lipinski definition) is 0. The third-order valence-corrected chi connectivity index (χ3v) is 8.44. The van der Waals surface area contributed by atoms with E-state index in [0.29, 0.717) is 23.9 Å². The first kappa shape index (κ1) is 27.2. The number of likely N-dealkylation sites (tertiary alicyclic amines) is 1. The van der Waals surface area contributed by atoms with E-state index in [1.165, 1.54) is 17.6 Å². The van der Waals surface area contributed by atoms with Crippen LogP contribution in [0.4, 0.5) is 0 Å². The summed E-state index contributed by atoms with van der Waals surface area (Å²) in [6.45, 7) is 5.35. The standard InChI is InChI=1S/C27H34N4O4S2/c1-18(2)35-25-9-7-22(37(5,33)34)14-20(25)15-26-29-24(17-36-26)19-6-8-23(28-16-19)27(32)31-12-10-21(11-13-31)30(3)4/h6-9,14,16-18,21H,10-13,15H2,1-5H3. The number of hydrogen-bond acceptors (Lipinski definition) is 8. The second-order valence-corrected chi connectivity index (χ2v) is 12.9. The number of carbonyl (C=O) groups is 1. The van der Waals surface area contributed by atoms with Crippen LogP contribution in [0.5, 0.6) is 5.75 Å². The molecule has 1 saturated heterocycles. The fraction of sp³-hybridized carbons (Fsp3) is 0.444. The highest BCUT2D eigenvalue weighted by Gasteiger charge is 2.25. The van der Waals surface area contributed by atoms with Gasteiger partial charge in [0, 0.05) is 54.5 Å². The van der Waals surface area contributed by atoms with Gasteiger partial charge in [0.05, 0.1) is 21.7 Å². The number of carbonyl (C=O) groups excluding carboxylic acids is 1. The van der Waals surface area contributed by atoms with Gasteiger partial charge in [-0.3, -0.25) is 9.78 Å². The van der Waals surface area contributed by atoms with E-state index in [1.54, 1.807) is 30.5 Å². The highest BCUT2D eigenvalue weighted by atomic mass is 32.2. The van der Waals surface area contributed by atoms with Crippen molar-refractivity contribution in [3.05, 3.63) is 58.2 Å².